The summed E-state index contributed by atoms with van der Waals surface area (Å²) in [6.07, 6.45) is 0.950. The summed E-state index contributed by atoms with van der Waals surface area (Å²) in [5, 5.41) is 8.92. The van der Waals surface area contributed by atoms with E-state index in [4.69, 9.17) is 19.6 Å². The average molecular weight is 506 g/mol. The van der Waals surface area contributed by atoms with Crippen molar-refractivity contribution in [2.24, 2.45) is 4.99 Å². The standard InChI is InChI=1S/C29H32FN3O4/c1-21-29(20-23-7-3-2-4-8-23,28(35)33-31-16-15-22-9-5-10-25(30)19-22)32-27(37-21)24-11-13-26(14-12-24)36-18-6-17-34/h2-5,7-14,19,21,31,34H,6,15-18,20H2,1H3,(H,33,35)/t21-,29-/m0/s1. The first-order valence-electron chi connectivity index (χ1n) is 12.4. The second-order valence-corrected chi connectivity index (χ2v) is 8.97. The molecule has 0 saturated heterocycles. The molecule has 2 atom stereocenters. The summed E-state index contributed by atoms with van der Waals surface area (Å²) in [7, 11) is 0. The largest absolute Gasteiger partial charge is 0.494 e. The van der Waals surface area contributed by atoms with Crippen molar-refractivity contribution in [2.45, 2.75) is 37.8 Å². The maximum Gasteiger partial charge on any atom is 0.266 e. The molecule has 0 saturated carbocycles. The lowest BCUT2D eigenvalue weighted by Gasteiger charge is -2.28. The minimum atomic E-state index is -1.18. The third kappa shape index (κ3) is 6.72. The highest BCUT2D eigenvalue weighted by Gasteiger charge is 2.50. The van der Waals surface area contributed by atoms with Gasteiger partial charge in [-0.05, 0) is 60.9 Å². The number of halogens is 1. The van der Waals surface area contributed by atoms with Crippen LogP contribution in [0.15, 0.2) is 83.9 Å². The predicted molar refractivity (Wildman–Crippen MR) is 140 cm³/mol. The van der Waals surface area contributed by atoms with E-state index < -0.39 is 11.6 Å². The Morgan fingerprint density at radius 1 is 1.08 bits per heavy atom. The van der Waals surface area contributed by atoms with E-state index in [9.17, 15) is 9.18 Å². The Bertz CT molecular complexity index is 1200. The van der Waals surface area contributed by atoms with E-state index in [1.54, 1.807) is 6.07 Å². The van der Waals surface area contributed by atoms with Crippen molar-refractivity contribution in [1.29, 1.82) is 0 Å². The lowest BCUT2D eigenvalue weighted by Crippen LogP contribution is -2.56. The van der Waals surface area contributed by atoms with Gasteiger partial charge >= 0.3 is 0 Å². The van der Waals surface area contributed by atoms with Gasteiger partial charge in [-0.15, -0.1) is 0 Å². The lowest BCUT2D eigenvalue weighted by molar-refractivity contribution is -0.129. The Morgan fingerprint density at radius 3 is 2.57 bits per heavy atom. The number of benzene rings is 3. The maximum absolute atomic E-state index is 13.6. The van der Waals surface area contributed by atoms with Crippen LogP contribution in [0.4, 0.5) is 4.39 Å². The summed E-state index contributed by atoms with van der Waals surface area (Å²) in [5.74, 6) is 0.480. The van der Waals surface area contributed by atoms with Crippen LogP contribution in [0, 0.1) is 5.82 Å². The molecule has 37 heavy (non-hydrogen) atoms. The van der Waals surface area contributed by atoms with Crippen molar-refractivity contribution in [3.8, 4) is 5.75 Å². The second kappa shape index (κ2) is 12.5. The monoisotopic (exact) mass is 505 g/mol. The van der Waals surface area contributed by atoms with Crippen LogP contribution in [-0.4, -0.2) is 48.3 Å². The van der Waals surface area contributed by atoms with Gasteiger partial charge in [0.2, 0.25) is 5.90 Å². The minimum Gasteiger partial charge on any atom is -0.494 e. The average Bonchev–Trinajstić information content (AvgIpc) is 3.24. The van der Waals surface area contributed by atoms with Crippen LogP contribution in [0.25, 0.3) is 0 Å². The van der Waals surface area contributed by atoms with E-state index in [2.05, 4.69) is 10.9 Å². The van der Waals surface area contributed by atoms with E-state index in [-0.39, 0.29) is 18.3 Å². The summed E-state index contributed by atoms with van der Waals surface area (Å²) >= 11 is 0. The molecule has 0 aromatic heterocycles. The van der Waals surface area contributed by atoms with Gasteiger partial charge in [-0.3, -0.25) is 10.2 Å². The zero-order valence-electron chi connectivity index (χ0n) is 20.8. The van der Waals surface area contributed by atoms with Gasteiger partial charge in [-0.25, -0.2) is 14.8 Å². The normalized spacial score (nSPS) is 18.7. The molecule has 3 N–H and O–H groups in total. The van der Waals surface area contributed by atoms with Crippen LogP contribution in [-0.2, 0) is 22.4 Å². The number of ether oxygens (including phenoxy) is 2. The summed E-state index contributed by atoms with van der Waals surface area (Å²) in [4.78, 5) is 18.4. The Morgan fingerprint density at radius 2 is 1.84 bits per heavy atom. The van der Waals surface area contributed by atoms with Crippen LogP contribution in [0.2, 0.25) is 0 Å². The molecule has 0 bridgehead atoms. The number of aliphatic hydroxyl groups is 1. The fraction of sp³-hybridized carbons (Fsp3) is 0.310. The predicted octanol–water partition coefficient (Wildman–Crippen LogP) is 3.60. The molecule has 8 heteroatoms. The van der Waals surface area contributed by atoms with Crippen molar-refractivity contribution < 1.29 is 23.8 Å². The molecular formula is C29H32FN3O4. The number of rotatable bonds is 12. The first kappa shape index (κ1) is 26.3. The zero-order valence-corrected chi connectivity index (χ0v) is 20.8. The molecule has 0 aliphatic carbocycles. The molecule has 1 aliphatic rings. The molecule has 194 valence electrons. The molecule has 0 spiro atoms. The van der Waals surface area contributed by atoms with Crippen LogP contribution >= 0.6 is 0 Å². The maximum atomic E-state index is 13.6. The quantitative estimate of drug-likeness (QED) is 0.258. The molecule has 0 fully saturated rings. The SMILES string of the molecule is C[C@@H]1OC(c2ccc(OCCCO)cc2)=N[C@]1(Cc1ccccc1)C(=O)NNCCc1cccc(F)c1. The molecule has 0 unspecified atom stereocenters. The minimum absolute atomic E-state index is 0.0752. The van der Waals surface area contributed by atoms with Gasteiger partial charge < -0.3 is 14.6 Å². The number of aliphatic imine (C=N–C) groups is 1. The smallest absolute Gasteiger partial charge is 0.266 e. The molecule has 1 aliphatic heterocycles. The number of carbonyl (C=O) groups excluding carboxylic acids is 1. The number of nitrogens with one attached hydrogen (secondary N) is 2. The van der Waals surface area contributed by atoms with Crippen LogP contribution in [0.3, 0.4) is 0 Å². The van der Waals surface area contributed by atoms with Gasteiger partial charge in [0.15, 0.2) is 5.54 Å². The van der Waals surface area contributed by atoms with Crippen molar-refractivity contribution in [1.82, 2.24) is 10.9 Å². The number of nitrogens with zero attached hydrogens (tertiary/aromatic N) is 1. The number of hydrogen-bond donors (Lipinski definition) is 3. The fourth-order valence-electron chi connectivity index (χ4n) is 4.20. The van der Waals surface area contributed by atoms with Crippen LogP contribution < -0.4 is 15.6 Å². The van der Waals surface area contributed by atoms with Crippen LogP contribution in [0.1, 0.15) is 30.0 Å². The highest BCUT2D eigenvalue weighted by molar-refractivity contribution is 6.00. The van der Waals surface area contributed by atoms with Gasteiger partial charge in [0.25, 0.3) is 5.91 Å². The Kier molecular flexibility index (Phi) is 8.87. The molecule has 3 aromatic carbocycles. The van der Waals surface area contributed by atoms with Crippen molar-refractivity contribution >= 4 is 11.8 Å². The first-order chi connectivity index (χ1) is 18.0. The number of carbonyl (C=O) groups is 1. The molecule has 1 amide bonds. The topological polar surface area (TPSA) is 92.2 Å². The van der Waals surface area contributed by atoms with Gasteiger partial charge in [-0.2, -0.15) is 0 Å². The van der Waals surface area contributed by atoms with E-state index >= 15 is 0 Å². The fourth-order valence-corrected chi connectivity index (χ4v) is 4.20. The van der Waals surface area contributed by atoms with E-state index in [0.717, 1.165) is 16.7 Å². The first-order valence-corrected chi connectivity index (χ1v) is 12.4. The number of hydrogen-bond acceptors (Lipinski definition) is 6. The lowest BCUT2D eigenvalue weighted by atomic mass is 9.86. The zero-order chi connectivity index (χ0) is 26.1. The number of hydrazine groups is 1. The van der Waals surface area contributed by atoms with E-state index in [1.807, 2.05) is 67.6 Å². The highest BCUT2D eigenvalue weighted by Crippen LogP contribution is 2.32. The molecule has 4 rings (SSSR count). The summed E-state index contributed by atoms with van der Waals surface area (Å²) in [6, 6.07) is 23.4. The molecule has 7 nitrogen and oxygen atoms in total. The van der Waals surface area contributed by atoms with Gasteiger partial charge in [0.05, 0.1) is 6.61 Å². The summed E-state index contributed by atoms with van der Waals surface area (Å²) in [5.41, 5.74) is 7.12. The van der Waals surface area contributed by atoms with Crippen molar-refractivity contribution in [3.05, 3.63) is 101 Å². The number of amides is 1. The van der Waals surface area contributed by atoms with Crippen molar-refractivity contribution in [2.75, 3.05) is 19.8 Å². The molecule has 3 aromatic rings. The third-order valence-corrected chi connectivity index (χ3v) is 6.27. The second-order valence-electron chi connectivity index (χ2n) is 8.97. The summed E-state index contributed by atoms with van der Waals surface area (Å²) < 4.78 is 25.2. The van der Waals surface area contributed by atoms with Crippen LogP contribution in [0.5, 0.6) is 5.75 Å². The highest BCUT2D eigenvalue weighted by atomic mass is 19.1. The van der Waals surface area contributed by atoms with Gasteiger partial charge in [-0.1, -0.05) is 42.5 Å². The van der Waals surface area contributed by atoms with Crippen molar-refractivity contribution in [3.63, 3.8) is 0 Å². The Labute approximate surface area is 216 Å². The van der Waals surface area contributed by atoms with Gasteiger partial charge in [0.1, 0.15) is 17.7 Å². The van der Waals surface area contributed by atoms with Gasteiger partial charge in [0, 0.05) is 31.6 Å². The number of aliphatic hydroxyl groups excluding tert-OH is 1. The molecule has 1 heterocycles. The Hall–Kier alpha value is -3.75. The van der Waals surface area contributed by atoms with E-state index in [0.29, 0.717) is 44.1 Å². The Balaban J connectivity index is 1.49. The molecule has 0 radical (unpaired) electrons. The summed E-state index contributed by atoms with van der Waals surface area (Å²) in [6.45, 7) is 2.78. The molecular weight excluding hydrogens is 473 g/mol. The third-order valence-electron chi connectivity index (χ3n) is 6.27. The van der Waals surface area contributed by atoms with E-state index in [1.165, 1.54) is 12.1 Å².